The summed E-state index contributed by atoms with van der Waals surface area (Å²) >= 11 is 0. The zero-order chi connectivity index (χ0) is 29.1. The van der Waals surface area contributed by atoms with Crippen LogP contribution in [0.5, 0.6) is 0 Å². The number of nitrogens with two attached hydrogens (primary N) is 2. The van der Waals surface area contributed by atoms with Crippen LogP contribution in [0.4, 0.5) is 0 Å². The third kappa shape index (κ3) is 5.19. The second-order valence-electron chi connectivity index (χ2n) is 9.59. The Kier molecular flexibility index (Phi) is 7.02. The zero-order valence-corrected chi connectivity index (χ0v) is 21.9. The number of amidine groups is 2. The third-order valence-electron chi connectivity index (χ3n) is 6.93. The molecule has 2 amide bonds. The zero-order valence-electron chi connectivity index (χ0n) is 21.0. The molecule has 0 radical (unpaired) electrons. The molecule has 0 aliphatic carbocycles. The van der Waals surface area contributed by atoms with E-state index in [-0.39, 0.29) is 36.4 Å². The van der Waals surface area contributed by atoms with Gasteiger partial charge in [0.15, 0.2) is 23.8 Å². The molecule has 2 fully saturated rings. The molecular weight excluding hydrogens is 571 g/mol. The molecule has 6 heterocycles. The Bertz CT molecular complexity index is 1380. The SMILES string of the molecule is NC1=NC(=O)C2N=CN(C3CC(O)C(COP(=O)(O)OC4CC(N5C=NC6C(=O)N=C(N)N=C65)OC4CO)O3)C2=N1. The van der Waals surface area contributed by atoms with E-state index in [4.69, 9.17) is 30.0 Å². The molecule has 9 atom stereocenters. The first-order valence-corrected chi connectivity index (χ1v) is 13.8. The van der Waals surface area contributed by atoms with Crippen LogP contribution in [0, 0.1) is 0 Å². The number of guanidine groups is 2. The van der Waals surface area contributed by atoms with E-state index in [1.807, 2.05) is 0 Å². The quantitative estimate of drug-likeness (QED) is 0.167. The van der Waals surface area contributed by atoms with Gasteiger partial charge in [0.1, 0.15) is 30.8 Å². The van der Waals surface area contributed by atoms with E-state index < -0.39 is 81.8 Å². The molecule has 21 heteroatoms. The van der Waals surface area contributed by atoms with Gasteiger partial charge < -0.3 is 36.0 Å². The van der Waals surface area contributed by atoms with Crippen LogP contribution < -0.4 is 11.5 Å². The fraction of sp³-hybridized carbons (Fsp3) is 0.600. The number of phosphoric ester groups is 1. The number of hydrogen-bond acceptors (Lipinski definition) is 17. The first-order valence-electron chi connectivity index (χ1n) is 12.3. The summed E-state index contributed by atoms with van der Waals surface area (Å²) in [6.07, 6.45) is -3.32. The summed E-state index contributed by atoms with van der Waals surface area (Å²) < 4.78 is 34.8. The number of ether oxygens (including phenoxy) is 2. The minimum Gasteiger partial charge on any atom is -0.394 e. The average Bonchev–Trinajstić information content (AvgIpc) is 3.67. The number of carbonyl (C=O) groups excluding carboxylic acids is 2. The minimum absolute atomic E-state index is 0.0323. The monoisotopic (exact) mass is 596 g/mol. The molecule has 41 heavy (non-hydrogen) atoms. The topological polar surface area (TPSA) is 282 Å². The maximum atomic E-state index is 12.8. The van der Waals surface area contributed by atoms with Crippen LogP contribution >= 0.6 is 7.82 Å². The van der Waals surface area contributed by atoms with Gasteiger partial charge in [-0.3, -0.25) is 38.4 Å². The highest BCUT2D eigenvalue weighted by Crippen LogP contribution is 2.48. The number of aliphatic hydroxyl groups is 2. The Hall–Kier alpha value is -3.49. The van der Waals surface area contributed by atoms with Crippen molar-refractivity contribution in [3.8, 4) is 0 Å². The van der Waals surface area contributed by atoms with Gasteiger partial charge in [-0.15, -0.1) is 0 Å². The van der Waals surface area contributed by atoms with Gasteiger partial charge in [-0.05, 0) is 0 Å². The average molecular weight is 596 g/mol. The lowest BCUT2D eigenvalue weighted by Gasteiger charge is -2.25. The van der Waals surface area contributed by atoms with E-state index >= 15 is 0 Å². The van der Waals surface area contributed by atoms with Crippen molar-refractivity contribution in [1.29, 1.82) is 0 Å². The number of rotatable bonds is 8. The predicted octanol–water partition coefficient (Wildman–Crippen LogP) is -4.00. The number of hydrogen-bond donors (Lipinski definition) is 5. The van der Waals surface area contributed by atoms with Crippen molar-refractivity contribution in [2.24, 2.45) is 41.4 Å². The molecule has 0 spiro atoms. The van der Waals surface area contributed by atoms with Crippen molar-refractivity contribution in [1.82, 2.24) is 9.80 Å². The largest absolute Gasteiger partial charge is 0.472 e. The van der Waals surface area contributed by atoms with Crippen molar-refractivity contribution in [3.05, 3.63) is 0 Å². The van der Waals surface area contributed by atoms with E-state index in [9.17, 15) is 29.3 Å². The summed E-state index contributed by atoms with van der Waals surface area (Å²) in [5.41, 5.74) is 11.2. The van der Waals surface area contributed by atoms with Crippen molar-refractivity contribution in [2.75, 3.05) is 13.2 Å². The van der Waals surface area contributed by atoms with Gasteiger partial charge in [-0.2, -0.15) is 20.0 Å². The number of aliphatic imine (C=N–C) groups is 6. The highest BCUT2D eigenvalue weighted by molar-refractivity contribution is 7.47. The summed E-state index contributed by atoms with van der Waals surface area (Å²) in [7, 11) is -4.76. The van der Waals surface area contributed by atoms with Crippen molar-refractivity contribution >= 4 is 55.9 Å². The molecule has 220 valence electrons. The molecule has 2 saturated heterocycles. The van der Waals surface area contributed by atoms with Gasteiger partial charge in [0.25, 0.3) is 11.8 Å². The second-order valence-corrected chi connectivity index (χ2v) is 11.0. The Morgan fingerprint density at radius 3 is 2.02 bits per heavy atom. The summed E-state index contributed by atoms with van der Waals surface area (Å²) in [6, 6.07) is -1.95. The summed E-state index contributed by atoms with van der Waals surface area (Å²) in [4.78, 5) is 60.7. The van der Waals surface area contributed by atoms with Crippen LogP contribution in [0.2, 0.25) is 0 Å². The van der Waals surface area contributed by atoms with E-state index in [0.717, 1.165) is 0 Å². The van der Waals surface area contributed by atoms with Gasteiger partial charge in [-0.25, -0.2) is 4.57 Å². The Labute approximate surface area is 230 Å². The van der Waals surface area contributed by atoms with Gasteiger partial charge in [0.05, 0.1) is 32.0 Å². The number of nitrogens with zero attached hydrogens (tertiary/aromatic N) is 8. The summed E-state index contributed by atoms with van der Waals surface area (Å²) in [5, 5.41) is 20.3. The highest BCUT2D eigenvalue weighted by Gasteiger charge is 2.48. The lowest BCUT2D eigenvalue weighted by molar-refractivity contribution is -0.118. The van der Waals surface area contributed by atoms with Crippen molar-refractivity contribution in [2.45, 2.75) is 61.8 Å². The smallest absolute Gasteiger partial charge is 0.394 e. The Balaban J connectivity index is 1.05. The fourth-order valence-corrected chi connectivity index (χ4v) is 5.99. The van der Waals surface area contributed by atoms with Crippen LogP contribution in [-0.2, 0) is 32.7 Å². The molecule has 20 nitrogen and oxygen atoms in total. The summed E-state index contributed by atoms with van der Waals surface area (Å²) in [6.45, 7) is -1.09. The molecule has 0 aromatic carbocycles. The molecule has 6 rings (SSSR count). The third-order valence-corrected chi connectivity index (χ3v) is 7.94. The van der Waals surface area contributed by atoms with Gasteiger partial charge in [-0.1, -0.05) is 0 Å². The normalized spacial score (nSPS) is 37.5. The van der Waals surface area contributed by atoms with Crippen LogP contribution in [0.15, 0.2) is 30.0 Å². The second kappa shape index (κ2) is 10.4. The molecule has 7 N–H and O–H groups in total. The van der Waals surface area contributed by atoms with Crippen LogP contribution in [0.1, 0.15) is 12.8 Å². The Morgan fingerprint density at radius 2 is 1.46 bits per heavy atom. The standard InChI is InChI=1S/C20H25N10O10P/c21-19-25-15-13(17(33)27-19)23-5-29(15)11-1-7(32)10(39-11)4-37-41(35,36)40-8-2-12(38-9(8)3-31)30-6-24-14-16(30)26-20(22)28-18(14)34/h5-14,31-32H,1-4H2,(H,35,36)(H2,21,27,33)(H2,22,28,34). The van der Waals surface area contributed by atoms with Gasteiger partial charge >= 0.3 is 7.82 Å². The van der Waals surface area contributed by atoms with Crippen molar-refractivity contribution < 1.29 is 47.8 Å². The van der Waals surface area contributed by atoms with Crippen LogP contribution in [0.3, 0.4) is 0 Å². The molecule has 0 aromatic heterocycles. The maximum Gasteiger partial charge on any atom is 0.472 e. The molecule has 6 aliphatic rings. The van der Waals surface area contributed by atoms with E-state index in [2.05, 4.69) is 30.0 Å². The van der Waals surface area contributed by atoms with E-state index in [1.165, 1.54) is 22.5 Å². The molecule has 9 unspecified atom stereocenters. The summed E-state index contributed by atoms with van der Waals surface area (Å²) in [5.74, 6) is -1.31. The molecule has 0 saturated carbocycles. The number of amides is 2. The minimum atomic E-state index is -4.76. The highest BCUT2D eigenvalue weighted by atomic mass is 31.2. The maximum absolute atomic E-state index is 12.8. The fourth-order valence-electron chi connectivity index (χ4n) is 5.02. The predicted molar refractivity (Wildman–Crippen MR) is 137 cm³/mol. The molecular formula is C20H25N10O10P. The number of carbonyl (C=O) groups is 2. The van der Waals surface area contributed by atoms with Crippen LogP contribution in [0.25, 0.3) is 0 Å². The molecule has 0 bridgehead atoms. The Morgan fingerprint density at radius 1 is 0.927 bits per heavy atom. The number of phosphoric acid groups is 1. The first kappa shape index (κ1) is 27.7. The molecule has 0 aromatic rings. The lowest BCUT2D eigenvalue weighted by Crippen LogP contribution is -2.44. The van der Waals surface area contributed by atoms with Crippen LogP contribution in [-0.4, -0.2) is 135 Å². The van der Waals surface area contributed by atoms with Crippen molar-refractivity contribution in [3.63, 3.8) is 0 Å². The molecule has 6 aliphatic heterocycles. The van der Waals surface area contributed by atoms with Gasteiger partial charge in [0.2, 0.25) is 11.9 Å². The van der Waals surface area contributed by atoms with Gasteiger partial charge in [0, 0.05) is 12.8 Å². The number of fused-ring (bicyclic) bond motifs is 2. The number of aliphatic hydroxyl groups excluding tert-OH is 2. The lowest BCUT2D eigenvalue weighted by atomic mass is 10.2. The van der Waals surface area contributed by atoms with E-state index in [1.54, 1.807) is 0 Å². The first-order chi connectivity index (χ1) is 19.5. The van der Waals surface area contributed by atoms with E-state index in [0.29, 0.717) is 0 Å².